The van der Waals surface area contributed by atoms with Gasteiger partial charge in [-0.3, -0.25) is 19.3 Å². The molecule has 1 aliphatic heterocycles. The number of hydrogen-bond donors (Lipinski definition) is 1. The Kier molecular flexibility index (Phi) is 6.61. The number of carboxylic acid groups (broad SMARTS) is 1. The predicted octanol–water partition coefficient (Wildman–Crippen LogP) is -0.280. The van der Waals surface area contributed by atoms with Crippen molar-refractivity contribution in [3.63, 3.8) is 0 Å². The van der Waals surface area contributed by atoms with Crippen molar-refractivity contribution in [1.29, 1.82) is 0 Å². The van der Waals surface area contributed by atoms with Gasteiger partial charge in [-0.2, -0.15) is 0 Å². The van der Waals surface area contributed by atoms with Crippen LogP contribution in [0.3, 0.4) is 0 Å². The number of carbonyl (C=O) groups excluding carboxylic acids is 2. The molecule has 120 valence electrons. The monoisotopic (exact) mass is 299 g/mol. The van der Waals surface area contributed by atoms with Gasteiger partial charge in [-0.25, -0.2) is 0 Å². The molecule has 0 radical (unpaired) electrons. The van der Waals surface area contributed by atoms with E-state index in [0.717, 1.165) is 0 Å². The summed E-state index contributed by atoms with van der Waals surface area (Å²) in [6, 6.07) is 0. The van der Waals surface area contributed by atoms with Crippen LogP contribution in [0.2, 0.25) is 0 Å². The summed E-state index contributed by atoms with van der Waals surface area (Å²) in [6.07, 6.45) is 0. The van der Waals surface area contributed by atoms with Crippen LogP contribution in [0, 0.1) is 5.92 Å². The van der Waals surface area contributed by atoms with Crippen molar-refractivity contribution in [2.75, 3.05) is 45.8 Å². The third-order valence-corrected chi connectivity index (χ3v) is 3.84. The number of piperazine rings is 1. The molecule has 1 unspecified atom stereocenters. The van der Waals surface area contributed by atoms with Crippen LogP contribution in [0.15, 0.2) is 0 Å². The summed E-state index contributed by atoms with van der Waals surface area (Å²) in [5.74, 6) is -1.31. The van der Waals surface area contributed by atoms with Crippen LogP contribution in [0.4, 0.5) is 0 Å². The zero-order valence-electron chi connectivity index (χ0n) is 13.0. The molecule has 0 aromatic carbocycles. The maximum absolute atomic E-state index is 12.2. The van der Waals surface area contributed by atoms with Crippen LogP contribution in [-0.4, -0.2) is 83.4 Å². The molecule has 1 atom stereocenters. The van der Waals surface area contributed by atoms with Crippen LogP contribution >= 0.6 is 0 Å². The summed E-state index contributed by atoms with van der Waals surface area (Å²) in [6.45, 7) is 8.54. The van der Waals surface area contributed by atoms with Crippen molar-refractivity contribution >= 4 is 17.8 Å². The fourth-order valence-electron chi connectivity index (χ4n) is 2.33. The molecule has 2 amide bonds. The van der Waals surface area contributed by atoms with Gasteiger partial charge in [0.05, 0.1) is 12.5 Å². The lowest BCUT2D eigenvalue weighted by atomic mass is 10.1. The summed E-state index contributed by atoms with van der Waals surface area (Å²) in [5, 5.41) is 8.93. The molecule has 7 nitrogen and oxygen atoms in total. The molecule has 0 aromatic heterocycles. The second kappa shape index (κ2) is 7.97. The van der Waals surface area contributed by atoms with E-state index in [1.165, 1.54) is 6.92 Å². The summed E-state index contributed by atoms with van der Waals surface area (Å²) < 4.78 is 0. The maximum Gasteiger partial charge on any atom is 0.307 e. The number of rotatable bonds is 6. The second-order valence-corrected chi connectivity index (χ2v) is 5.45. The molecule has 1 saturated heterocycles. The summed E-state index contributed by atoms with van der Waals surface area (Å²) in [4.78, 5) is 39.7. The molecule has 0 aromatic rings. The first-order valence-electron chi connectivity index (χ1n) is 7.33. The third-order valence-electron chi connectivity index (χ3n) is 3.84. The van der Waals surface area contributed by atoms with E-state index < -0.39 is 11.9 Å². The maximum atomic E-state index is 12.2. The Balaban J connectivity index is 2.44. The predicted molar refractivity (Wildman–Crippen MR) is 77.7 cm³/mol. The first kappa shape index (κ1) is 17.4. The van der Waals surface area contributed by atoms with Crippen LogP contribution in [0.1, 0.15) is 20.8 Å². The topological polar surface area (TPSA) is 81.2 Å². The Hall–Kier alpha value is -1.63. The molecule has 21 heavy (non-hydrogen) atoms. The molecule has 0 spiro atoms. The van der Waals surface area contributed by atoms with Gasteiger partial charge in [0.25, 0.3) is 0 Å². The van der Waals surface area contributed by atoms with Gasteiger partial charge < -0.3 is 14.9 Å². The van der Waals surface area contributed by atoms with Crippen molar-refractivity contribution in [2.24, 2.45) is 5.92 Å². The highest BCUT2D eigenvalue weighted by Gasteiger charge is 2.24. The Morgan fingerprint density at radius 1 is 1.14 bits per heavy atom. The molecule has 1 heterocycles. The van der Waals surface area contributed by atoms with E-state index in [4.69, 9.17) is 5.11 Å². The highest BCUT2D eigenvalue weighted by atomic mass is 16.4. The minimum Gasteiger partial charge on any atom is -0.481 e. The molecule has 1 rings (SSSR count). The molecule has 0 saturated carbocycles. The number of hydrogen-bond acceptors (Lipinski definition) is 4. The van der Waals surface area contributed by atoms with E-state index in [-0.39, 0.29) is 18.4 Å². The minimum absolute atomic E-state index is 0.00218. The first-order valence-corrected chi connectivity index (χ1v) is 7.33. The molecule has 1 aliphatic rings. The average Bonchev–Trinajstić information content (AvgIpc) is 2.46. The summed E-state index contributed by atoms with van der Waals surface area (Å²) in [5.41, 5.74) is 0. The molecular formula is C14H25N3O4. The summed E-state index contributed by atoms with van der Waals surface area (Å²) >= 11 is 0. The highest BCUT2D eigenvalue weighted by Crippen LogP contribution is 2.05. The Labute approximate surface area is 125 Å². The Bertz CT molecular complexity index is 392. The number of carbonyl (C=O) groups is 3. The van der Waals surface area contributed by atoms with Gasteiger partial charge in [-0.1, -0.05) is 13.8 Å². The largest absolute Gasteiger partial charge is 0.481 e. The van der Waals surface area contributed by atoms with E-state index in [0.29, 0.717) is 39.3 Å². The number of likely N-dealkylation sites (N-methyl/N-ethyl adjacent to an activating group) is 1. The molecular weight excluding hydrogens is 274 g/mol. The smallest absolute Gasteiger partial charge is 0.307 e. The minimum atomic E-state index is -0.851. The van der Waals surface area contributed by atoms with Gasteiger partial charge in [-0.15, -0.1) is 0 Å². The normalized spacial score (nSPS) is 17.0. The fraction of sp³-hybridized carbons (Fsp3) is 0.786. The van der Waals surface area contributed by atoms with E-state index in [1.807, 2.05) is 11.8 Å². The zero-order valence-corrected chi connectivity index (χ0v) is 13.0. The number of amides is 2. The molecule has 7 heteroatoms. The van der Waals surface area contributed by atoms with Gasteiger partial charge >= 0.3 is 5.97 Å². The van der Waals surface area contributed by atoms with Gasteiger partial charge in [0, 0.05) is 39.6 Å². The molecule has 0 bridgehead atoms. The standard InChI is InChI=1S/C14H25N3O4/c1-4-15(9-11(2)14(20)21)10-13(19)17-7-5-16(6-8-17)12(3)18/h11H,4-10H2,1-3H3,(H,20,21). The van der Waals surface area contributed by atoms with Crippen LogP contribution in [0.25, 0.3) is 0 Å². The van der Waals surface area contributed by atoms with E-state index in [9.17, 15) is 14.4 Å². The Morgan fingerprint density at radius 2 is 1.67 bits per heavy atom. The lowest BCUT2D eigenvalue weighted by Gasteiger charge is -2.35. The van der Waals surface area contributed by atoms with Crippen LogP contribution in [-0.2, 0) is 14.4 Å². The highest BCUT2D eigenvalue weighted by molar-refractivity contribution is 5.79. The van der Waals surface area contributed by atoms with Gasteiger partial charge in [0.1, 0.15) is 0 Å². The number of nitrogens with zero attached hydrogens (tertiary/aromatic N) is 3. The van der Waals surface area contributed by atoms with Gasteiger partial charge in [0.2, 0.25) is 11.8 Å². The van der Waals surface area contributed by atoms with E-state index in [2.05, 4.69) is 0 Å². The van der Waals surface area contributed by atoms with Crippen molar-refractivity contribution in [1.82, 2.24) is 14.7 Å². The van der Waals surface area contributed by atoms with E-state index >= 15 is 0 Å². The summed E-state index contributed by atoms with van der Waals surface area (Å²) in [7, 11) is 0. The first-order chi connectivity index (χ1) is 9.85. The zero-order chi connectivity index (χ0) is 16.0. The van der Waals surface area contributed by atoms with E-state index in [1.54, 1.807) is 16.7 Å². The molecule has 0 aliphatic carbocycles. The van der Waals surface area contributed by atoms with Crippen LogP contribution in [0.5, 0.6) is 0 Å². The SMILES string of the molecule is CCN(CC(=O)N1CCN(C(C)=O)CC1)CC(C)C(=O)O. The Morgan fingerprint density at radius 3 is 2.10 bits per heavy atom. The lowest BCUT2D eigenvalue weighted by molar-refractivity contribution is -0.143. The van der Waals surface area contributed by atoms with Crippen molar-refractivity contribution in [3.05, 3.63) is 0 Å². The lowest BCUT2D eigenvalue weighted by Crippen LogP contribution is -2.52. The second-order valence-electron chi connectivity index (χ2n) is 5.45. The van der Waals surface area contributed by atoms with Gasteiger partial charge in [0.15, 0.2) is 0 Å². The van der Waals surface area contributed by atoms with Crippen molar-refractivity contribution < 1.29 is 19.5 Å². The third kappa shape index (κ3) is 5.34. The van der Waals surface area contributed by atoms with Crippen molar-refractivity contribution in [3.8, 4) is 0 Å². The number of aliphatic carboxylic acids is 1. The number of carboxylic acids is 1. The molecule has 1 fully saturated rings. The van der Waals surface area contributed by atoms with Gasteiger partial charge in [-0.05, 0) is 6.54 Å². The van der Waals surface area contributed by atoms with Crippen molar-refractivity contribution in [2.45, 2.75) is 20.8 Å². The van der Waals surface area contributed by atoms with Crippen LogP contribution < -0.4 is 0 Å². The fourth-order valence-corrected chi connectivity index (χ4v) is 2.33. The average molecular weight is 299 g/mol. The molecule has 1 N–H and O–H groups in total. The quantitative estimate of drug-likeness (QED) is 0.729.